The number of nitrogen functional groups attached to an aromatic ring is 1. The van der Waals surface area contributed by atoms with Gasteiger partial charge in [-0.1, -0.05) is 30.3 Å². The second-order valence-electron chi connectivity index (χ2n) is 4.81. The summed E-state index contributed by atoms with van der Waals surface area (Å²) in [5.74, 6) is -0.318. The van der Waals surface area contributed by atoms with Gasteiger partial charge in [0, 0.05) is 6.54 Å². The molecule has 0 spiro atoms. The highest BCUT2D eigenvalue weighted by atomic mass is 16.3. The Balaban J connectivity index is 2.08. The van der Waals surface area contributed by atoms with Crippen molar-refractivity contribution >= 4 is 11.6 Å². The zero-order chi connectivity index (χ0) is 15.2. The number of aliphatic hydroxyl groups is 1. The van der Waals surface area contributed by atoms with Gasteiger partial charge >= 0.3 is 0 Å². The van der Waals surface area contributed by atoms with Crippen molar-refractivity contribution in [3.8, 4) is 0 Å². The van der Waals surface area contributed by atoms with Crippen LogP contribution in [0.3, 0.4) is 0 Å². The van der Waals surface area contributed by atoms with Crippen molar-refractivity contribution in [1.82, 2.24) is 15.1 Å². The lowest BCUT2D eigenvalue weighted by Crippen LogP contribution is -2.40. The van der Waals surface area contributed by atoms with Crippen molar-refractivity contribution in [1.29, 1.82) is 0 Å². The highest BCUT2D eigenvalue weighted by Crippen LogP contribution is 2.11. The Morgan fingerprint density at radius 3 is 2.76 bits per heavy atom. The Kier molecular flexibility index (Phi) is 4.94. The molecular formula is C15H20N4O2. The lowest BCUT2D eigenvalue weighted by Gasteiger charge is -2.17. The van der Waals surface area contributed by atoms with E-state index in [1.807, 2.05) is 37.3 Å². The first-order chi connectivity index (χ1) is 10.2. The van der Waals surface area contributed by atoms with Gasteiger partial charge in [0.2, 0.25) is 0 Å². The molecule has 0 saturated carbocycles. The molecule has 1 amide bonds. The van der Waals surface area contributed by atoms with Crippen molar-refractivity contribution in [2.75, 3.05) is 12.3 Å². The van der Waals surface area contributed by atoms with Gasteiger partial charge in [-0.05, 0) is 18.9 Å². The Bertz CT molecular complexity index is 595. The molecule has 6 heteroatoms. The third-order valence-electron chi connectivity index (χ3n) is 3.26. The van der Waals surface area contributed by atoms with Gasteiger partial charge in [-0.25, -0.2) is 0 Å². The van der Waals surface area contributed by atoms with E-state index in [1.54, 1.807) is 4.68 Å². The molecule has 2 aromatic rings. The van der Waals surface area contributed by atoms with Crippen LogP contribution in [0.4, 0.5) is 5.69 Å². The van der Waals surface area contributed by atoms with E-state index in [2.05, 4.69) is 10.4 Å². The normalized spacial score (nSPS) is 12.1. The lowest BCUT2D eigenvalue weighted by atomic mass is 10.1. The molecule has 0 fully saturated rings. The summed E-state index contributed by atoms with van der Waals surface area (Å²) in [4.78, 5) is 12.3. The van der Waals surface area contributed by atoms with Crippen molar-refractivity contribution in [3.05, 3.63) is 47.8 Å². The smallest absolute Gasteiger partial charge is 0.272 e. The van der Waals surface area contributed by atoms with Gasteiger partial charge in [-0.3, -0.25) is 9.48 Å². The fraction of sp³-hybridized carbons (Fsp3) is 0.333. The maximum Gasteiger partial charge on any atom is 0.272 e. The molecule has 4 N–H and O–H groups in total. The molecule has 0 aliphatic heterocycles. The van der Waals surface area contributed by atoms with Crippen LogP contribution in [-0.2, 0) is 13.0 Å². The standard InChI is InChI=1S/C15H20N4O2/c1-2-19-14(13(16)9-17-19)15(21)18-12(10-20)8-11-6-4-3-5-7-11/h3-7,9,12,20H,2,8,10,16H2,1H3,(H,18,21). The SMILES string of the molecule is CCn1ncc(N)c1C(=O)NC(CO)Cc1ccccc1. The van der Waals surface area contributed by atoms with E-state index in [0.717, 1.165) is 5.56 Å². The number of benzene rings is 1. The fourth-order valence-corrected chi connectivity index (χ4v) is 2.20. The highest BCUT2D eigenvalue weighted by Gasteiger charge is 2.19. The second-order valence-corrected chi connectivity index (χ2v) is 4.81. The number of rotatable bonds is 6. The first-order valence-corrected chi connectivity index (χ1v) is 6.92. The molecule has 0 radical (unpaired) electrons. The number of aliphatic hydroxyl groups excluding tert-OH is 1. The number of nitrogens with one attached hydrogen (secondary N) is 1. The van der Waals surface area contributed by atoms with Crippen LogP contribution in [0.1, 0.15) is 23.0 Å². The zero-order valence-corrected chi connectivity index (χ0v) is 12.0. The molecule has 0 aliphatic rings. The average molecular weight is 288 g/mol. The summed E-state index contributed by atoms with van der Waals surface area (Å²) in [6, 6.07) is 9.33. The number of hydrogen-bond acceptors (Lipinski definition) is 4. The number of hydrogen-bond donors (Lipinski definition) is 3. The van der Waals surface area contributed by atoms with E-state index in [1.165, 1.54) is 6.20 Å². The maximum atomic E-state index is 12.3. The van der Waals surface area contributed by atoms with Gasteiger partial charge in [0.1, 0.15) is 5.69 Å². The minimum Gasteiger partial charge on any atom is -0.396 e. The third kappa shape index (κ3) is 3.61. The van der Waals surface area contributed by atoms with Gasteiger partial charge in [0.05, 0.1) is 24.5 Å². The van der Waals surface area contributed by atoms with Crippen LogP contribution in [0.5, 0.6) is 0 Å². The predicted molar refractivity (Wildman–Crippen MR) is 80.8 cm³/mol. The fourth-order valence-electron chi connectivity index (χ4n) is 2.20. The Morgan fingerprint density at radius 2 is 2.14 bits per heavy atom. The van der Waals surface area contributed by atoms with E-state index < -0.39 is 0 Å². The minimum atomic E-state index is -0.362. The summed E-state index contributed by atoms with van der Waals surface area (Å²) < 4.78 is 1.54. The molecule has 112 valence electrons. The number of aryl methyl sites for hydroxylation is 1. The van der Waals surface area contributed by atoms with Gasteiger partial charge < -0.3 is 16.2 Å². The Morgan fingerprint density at radius 1 is 1.43 bits per heavy atom. The van der Waals surface area contributed by atoms with Crippen LogP contribution in [0.2, 0.25) is 0 Å². The largest absolute Gasteiger partial charge is 0.396 e. The Hall–Kier alpha value is -2.34. The molecule has 21 heavy (non-hydrogen) atoms. The topological polar surface area (TPSA) is 93.2 Å². The van der Waals surface area contributed by atoms with Crippen molar-refractivity contribution < 1.29 is 9.90 Å². The molecule has 1 unspecified atom stereocenters. The molecule has 0 aliphatic carbocycles. The van der Waals surface area contributed by atoms with Gasteiger partial charge in [0.15, 0.2) is 0 Å². The summed E-state index contributed by atoms with van der Waals surface area (Å²) >= 11 is 0. The minimum absolute atomic E-state index is 0.138. The average Bonchev–Trinajstić information content (AvgIpc) is 2.88. The van der Waals surface area contributed by atoms with Crippen LogP contribution in [-0.4, -0.2) is 33.4 Å². The molecule has 0 bridgehead atoms. The maximum absolute atomic E-state index is 12.3. The van der Waals surface area contributed by atoms with E-state index >= 15 is 0 Å². The molecule has 1 aromatic heterocycles. The van der Waals surface area contributed by atoms with Gasteiger partial charge in [-0.2, -0.15) is 5.10 Å². The van der Waals surface area contributed by atoms with E-state index in [-0.39, 0.29) is 18.6 Å². The number of aromatic nitrogens is 2. The number of nitrogens with zero attached hydrogens (tertiary/aromatic N) is 2. The molecule has 0 saturated heterocycles. The first kappa shape index (κ1) is 15.1. The summed E-state index contributed by atoms with van der Waals surface area (Å²) in [7, 11) is 0. The molecule has 1 heterocycles. The second kappa shape index (κ2) is 6.90. The van der Waals surface area contributed by atoms with Crippen LogP contribution < -0.4 is 11.1 Å². The summed E-state index contributed by atoms with van der Waals surface area (Å²) in [6.45, 7) is 2.31. The predicted octanol–water partition coefficient (Wildman–Crippen LogP) is 0.819. The third-order valence-corrected chi connectivity index (χ3v) is 3.26. The monoisotopic (exact) mass is 288 g/mol. The highest BCUT2D eigenvalue weighted by molar-refractivity contribution is 5.97. The van der Waals surface area contributed by atoms with E-state index in [9.17, 15) is 9.90 Å². The lowest BCUT2D eigenvalue weighted by molar-refractivity contribution is 0.0906. The molecule has 1 atom stereocenters. The van der Waals surface area contributed by atoms with Gasteiger partial charge in [0.25, 0.3) is 5.91 Å². The Labute approximate surface area is 123 Å². The van der Waals surface area contributed by atoms with Crippen molar-refractivity contribution in [2.24, 2.45) is 0 Å². The number of carbonyl (C=O) groups excluding carboxylic acids is 1. The van der Waals surface area contributed by atoms with Crippen LogP contribution in [0.25, 0.3) is 0 Å². The van der Waals surface area contributed by atoms with Crippen LogP contribution >= 0.6 is 0 Å². The molecule has 2 rings (SSSR count). The first-order valence-electron chi connectivity index (χ1n) is 6.92. The van der Waals surface area contributed by atoms with Crippen molar-refractivity contribution in [3.63, 3.8) is 0 Å². The summed E-state index contributed by atoms with van der Waals surface area (Å²) in [5, 5.41) is 16.3. The number of amides is 1. The van der Waals surface area contributed by atoms with Crippen molar-refractivity contribution in [2.45, 2.75) is 25.9 Å². The van der Waals surface area contributed by atoms with Crippen LogP contribution in [0.15, 0.2) is 36.5 Å². The van der Waals surface area contributed by atoms with E-state index in [0.29, 0.717) is 24.3 Å². The van der Waals surface area contributed by atoms with Crippen LogP contribution in [0, 0.1) is 0 Å². The summed E-state index contributed by atoms with van der Waals surface area (Å²) in [6.07, 6.45) is 2.02. The van der Waals surface area contributed by atoms with E-state index in [4.69, 9.17) is 5.73 Å². The molecule has 1 aromatic carbocycles. The van der Waals surface area contributed by atoms with Gasteiger partial charge in [-0.15, -0.1) is 0 Å². The molecular weight excluding hydrogens is 268 g/mol. The number of carbonyl (C=O) groups is 1. The molecule has 6 nitrogen and oxygen atoms in total. The number of anilines is 1. The quantitative estimate of drug-likeness (QED) is 0.733. The summed E-state index contributed by atoms with van der Waals surface area (Å²) in [5.41, 5.74) is 7.51. The number of nitrogens with two attached hydrogens (primary N) is 1. The zero-order valence-electron chi connectivity index (χ0n) is 12.0.